The van der Waals surface area contributed by atoms with Crippen molar-refractivity contribution in [2.75, 3.05) is 0 Å². The molecule has 0 aromatic carbocycles. The zero-order valence-electron chi connectivity index (χ0n) is 6.94. The molecule has 0 amide bonds. The molecule has 0 atom stereocenters. The Morgan fingerprint density at radius 2 is 2.21 bits per heavy atom. The number of nitrogens with zero attached hydrogens (tertiary/aromatic N) is 2. The summed E-state index contributed by atoms with van der Waals surface area (Å²) in [6, 6.07) is 2.15. The van der Waals surface area contributed by atoms with Gasteiger partial charge in [-0.2, -0.15) is 0 Å². The molecule has 1 heterocycles. The molecule has 0 fully saturated rings. The van der Waals surface area contributed by atoms with E-state index in [2.05, 4.69) is 11.6 Å². The van der Waals surface area contributed by atoms with E-state index in [4.69, 9.17) is 0 Å². The second kappa shape index (κ2) is 3.73. The molecule has 0 aliphatic rings. The van der Waals surface area contributed by atoms with Gasteiger partial charge in [0.25, 0.3) is 5.69 Å². The van der Waals surface area contributed by atoms with Crippen LogP contribution in [0.3, 0.4) is 0 Å². The molecule has 0 saturated heterocycles. The number of nitro groups is 1. The minimum Gasteiger partial charge on any atom is -0.284 e. The molecule has 14 heavy (non-hydrogen) atoms. The molecule has 0 N–H and O–H groups in total. The highest BCUT2D eigenvalue weighted by molar-refractivity contribution is 6.05. The molecule has 1 aromatic rings. The lowest BCUT2D eigenvalue weighted by Crippen LogP contribution is -2.02. The Morgan fingerprint density at radius 1 is 1.57 bits per heavy atom. The van der Waals surface area contributed by atoms with Gasteiger partial charge < -0.3 is 0 Å². The lowest BCUT2D eigenvalue weighted by Gasteiger charge is -1.95. The van der Waals surface area contributed by atoms with Gasteiger partial charge in [-0.1, -0.05) is 6.58 Å². The van der Waals surface area contributed by atoms with Gasteiger partial charge in [-0.25, -0.2) is 9.37 Å². The number of hydrogen-bond acceptors (Lipinski definition) is 4. The highest BCUT2D eigenvalue weighted by Gasteiger charge is 2.13. The number of ketones is 1. The molecule has 0 saturated carbocycles. The minimum atomic E-state index is -1.15. The van der Waals surface area contributed by atoms with Crippen molar-refractivity contribution in [3.05, 3.63) is 46.5 Å². The van der Waals surface area contributed by atoms with E-state index in [0.29, 0.717) is 0 Å². The zero-order chi connectivity index (χ0) is 10.7. The first-order valence-electron chi connectivity index (χ1n) is 3.52. The third-order valence-corrected chi connectivity index (χ3v) is 1.44. The summed E-state index contributed by atoms with van der Waals surface area (Å²) < 4.78 is 12.3. The molecule has 0 aliphatic heterocycles. The van der Waals surface area contributed by atoms with E-state index < -0.39 is 16.5 Å². The van der Waals surface area contributed by atoms with Crippen LogP contribution in [0.5, 0.6) is 0 Å². The van der Waals surface area contributed by atoms with Gasteiger partial charge in [0.05, 0.1) is 4.92 Å². The van der Waals surface area contributed by atoms with Crippen molar-refractivity contribution in [3.8, 4) is 0 Å². The SMILES string of the molecule is C=C(F)C(=O)c1ccc([N+](=O)[O-])cn1. The zero-order valence-corrected chi connectivity index (χ0v) is 6.94. The van der Waals surface area contributed by atoms with Crippen molar-refractivity contribution >= 4 is 11.5 Å². The summed E-state index contributed by atoms with van der Waals surface area (Å²) in [5.41, 5.74) is -0.464. The minimum absolute atomic E-state index is 0.205. The molecule has 0 spiro atoms. The van der Waals surface area contributed by atoms with E-state index >= 15 is 0 Å². The number of aromatic nitrogens is 1. The average Bonchev–Trinajstić information content (AvgIpc) is 2.16. The van der Waals surface area contributed by atoms with E-state index in [1.165, 1.54) is 0 Å². The summed E-state index contributed by atoms with van der Waals surface area (Å²) in [7, 11) is 0. The molecular formula is C8H5FN2O3. The fourth-order valence-corrected chi connectivity index (χ4v) is 0.767. The van der Waals surface area contributed by atoms with Gasteiger partial charge in [0.2, 0.25) is 5.78 Å². The number of Topliss-reactive ketones (excluding diaryl/α,β-unsaturated/α-hetero) is 1. The molecule has 0 radical (unpaired) electrons. The smallest absolute Gasteiger partial charge is 0.284 e. The number of allylic oxidation sites excluding steroid dienone is 1. The van der Waals surface area contributed by atoms with Gasteiger partial charge in [0, 0.05) is 6.07 Å². The maximum absolute atomic E-state index is 12.3. The van der Waals surface area contributed by atoms with Crippen LogP contribution in [0, 0.1) is 10.1 Å². The first kappa shape index (κ1) is 9.97. The highest BCUT2D eigenvalue weighted by Crippen LogP contribution is 2.11. The predicted octanol–water partition coefficient (Wildman–Crippen LogP) is 1.66. The first-order chi connectivity index (χ1) is 6.52. The molecule has 6 heteroatoms. The average molecular weight is 196 g/mol. The molecule has 0 aliphatic carbocycles. The second-order valence-corrected chi connectivity index (χ2v) is 2.39. The number of carbonyl (C=O) groups excluding carboxylic acids is 1. The Bertz CT molecular complexity index is 400. The molecule has 1 rings (SSSR count). The van der Waals surface area contributed by atoms with Gasteiger partial charge >= 0.3 is 0 Å². The van der Waals surface area contributed by atoms with Crippen LogP contribution >= 0.6 is 0 Å². The monoisotopic (exact) mass is 196 g/mol. The Morgan fingerprint density at radius 3 is 2.57 bits per heavy atom. The summed E-state index contributed by atoms with van der Waals surface area (Å²) >= 11 is 0. The number of halogens is 1. The van der Waals surface area contributed by atoms with E-state index in [1.807, 2.05) is 0 Å². The van der Waals surface area contributed by atoms with Crippen LogP contribution in [-0.4, -0.2) is 15.7 Å². The van der Waals surface area contributed by atoms with Crippen LogP contribution in [0.1, 0.15) is 10.5 Å². The van der Waals surface area contributed by atoms with Crippen molar-refractivity contribution in [1.82, 2.24) is 4.98 Å². The predicted molar refractivity (Wildman–Crippen MR) is 45.5 cm³/mol. The van der Waals surface area contributed by atoms with E-state index in [1.54, 1.807) is 0 Å². The first-order valence-corrected chi connectivity index (χ1v) is 3.52. The van der Waals surface area contributed by atoms with Crippen molar-refractivity contribution in [2.45, 2.75) is 0 Å². The van der Waals surface area contributed by atoms with Crippen LogP contribution in [-0.2, 0) is 0 Å². The second-order valence-electron chi connectivity index (χ2n) is 2.39. The Kier molecular flexibility index (Phi) is 2.66. The number of carbonyl (C=O) groups is 1. The third kappa shape index (κ3) is 1.98. The summed E-state index contributed by atoms with van der Waals surface area (Å²) in [6.07, 6.45) is 0.885. The molecule has 72 valence electrons. The quantitative estimate of drug-likeness (QED) is 0.319. The van der Waals surface area contributed by atoms with Crippen LogP contribution in [0.2, 0.25) is 0 Å². The summed E-state index contributed by atoms with van der Waals surface area (Å²) in [4.78, 5) is 23.9. The van der Waals surface area contributed by atoms with Gasteiger partial charge in [-0.15, -0.1) is 0 Å². The van der Waals surface area contributed by atoms with Crippen molar-refractivity contribution in [1.29, 1.82) is 0 Å². The van der Waals surface area contributed by atoms with Gasteiger partial charge in [0.1, 0.15) is 11.9 Å². The normalized spacial score (nSPS) is 9.50. The third-order valence-electron chi connectivity index (χ3n) is 1.44. The Balaban J connectivity index is 3.00. The Hall–Kier alpha value is -2.11. The van der Waals surface area contributed by atoms with Crippen LogP contribution in [0.4, 0.5) is 10.1 Å². The molecule has 1 aromatic heterocycles. The maximum Gasteiger partial charge on any atom is 0.287 e. The Labute approximate surface area is 78.0 Å². The lowest BCUT2D eigenvalue weighted by atomic mass is 10.2. The van der Waals surface area contributed by atoms with E-state index in [0.717, 1.165) is 18.3 Å². The van der Waals surface area contributed by atoms with Crippen molar-refractivity contribution in [2.24, 2.45) is 0 Å². The van der Waals surface area contributed by atoms with Crippen LogP contribution < -0.4 is 0 Å². The number of rotatable bonds is 3. The van der Waals surface area contributed by atoms with Crippen molar-refractivity contribution < 1.29 is 14.1 Å². The maximum atomic E-state index is 12.3. The van der Waals surface area contributed by atoms with Crippen LogP contribution in [0.15, 0.2) is 30.7 Å². The lowest BCUT2D eigenvalue weighted by molar-refractivity contribution is -0.385. The summed E-state index contributed by atoms with van der Waals surface area (Å²) in [5.74, 6) is -2.12. The topological polar surface area (TPSA) is 73.1 Å². The van der Waals surface area contributed by atoms with E-state index in [-0.39, 0.29) is 11.4 Å². The van der Waals surface area contributed by atoms with E-state index in [9.17, 15) is 19.3 Å². The van der Waals surface area contributed by atoms with Crippen molar-refractivity contribution in [3.63, 3.8) is 0 Å². The van der Waals surface area contributed by atoms with Crippen LogP contribution in [0.25, 0.3) is 0 Å². The highest BCUT2D eigenvalue weighted by atomic mass is 19.1. The molecule has 0 unspecified atom stereocenters. The summed E-state index contributed by atoms with van der Waals surface area (Å²) in [5, 5.41) is 10.2. The molecule has 0 bridgehead atoms. The van der Waals surface area contributed by atoms with Gasteiger partial charge in [-0.3, -0.25) is 14.9 Å². The molecule has 5 nitrogen and oxygen atoms in total. The standard InChI is InChI=1S/C8H5FN2O3/c1-5(9)8(12)7-3-2-6(4-10-7)11(13)14/h2-4H,1H2. The van der Waals surface area contributed by atoms with Gasteiger partial charge in [-0.05, 0) is 6.07 Å². The fourth-order valence-electron chi connectivity index (χ4n) is 0.767. The fraction of sp³-hybridized carbons (Fsp3) is 0. The summed E-state index contributed by atoms with van der Waals surface area (Å²) in [6.45, 7) is 2.80. The van der Waals surface area contributed by atoms with Gasteiger partial charge in [0.15, 0.2) is 5.83 Å². The number of hydrogen-bond donors (Lipinski definition) is 0. The molecular weight excluding hydrogens is 191 g/mol. The largest absolute Gasteiger partial charge is 0.287 e. The number of pyridine rings is 1.